The summed E-state index contributed by atoms with van der Waals surface area (Å²) in [5.41, 5.74) is -1.10. The highest BCUT2D eigenvalue weighted by Crippen LogP contribution is 2.08. The molecule has 0 aromatic heterocycles. The molecule has 0 atom stereocenters. The highest BCUT2D eigenvalue weighted by Gasteiger charge is 2.27. The number of aliphatic imine (C=N–C) groups is 2. The Morgan fingerprint density at radius 1 is 1.20 bits per heavy atom. The molecule has 0 aliphatic heterocycles. The van der Waals surface area contributed by atoms with Crippen LogP contribution in [0.2, 0.25) is 0 Å². The van der Waals surface area contributed by atoms with Crippen molar-refractivity contribution in [3.05, 3.63) is 0 Å². The van der Waals surface area contributed by atoms with Crippen molar-refractivity contribution in [1.29, 1.82) is 0 Å². The standard InChI is InChI=1S/2C6H9NO3/c1-6(2,7-4-8)5(9)10-3;1-2-10-6(9)3-4-7-5-8/h1-3H3;2-4H2,1H3. The highest BCUT2D eigenvalue weighted by atomic mass is 16.5. The lowest BCUT2D eigenvalue weighted by Gasteiger charge is -2.12. The molecule has 0 aliphatic rings. The average molecular weight is 286 g/mol. The van der Waals surface area contributed by atoms with Gasteiger partial charge >= 0.3 is 11.9 Å². The van der Waals surface area contributed by atoms with E-state index in [1.54, 1.807) is 6.92 Å². The van der Waals surface area contributed by atoms with Crippen LogP contribution in [0.1, 0.15) is 27.2 Å². The fraction of sp³-hybridized carbons (Fsp3) is 0.667. The van der Waals surface area contributed by atoms with E-state index >= 15 is 0 Å². The molecule has 8 heteroatoms. The number of hydrogen-bond donors (Lipinski definition) is 0. The minimum atomic E-state index is -1.10. The third-order valence-electron chi connectivity index (χ3n) is 1.81. The summed E-state index contributed by atoms with van der Waals surface area (Å²) >= 11 is 0. The van der Waals surface area contributed by atoms with Crippen LogP contribution >= 0.6 is 0 Å². The van der Waals surface area contributed by atoms with Crippen LogP contribution in [-0.2, 0) is 28.7 Å². The summed E-state index contributed by atoms with van der Waals surface area (Å²) in [6, 6.07) is 0. The van der Waals surface area contributed by atoms with Gasteiger partial charge in [-0.3, -0.25) is 4.79 Å². The summed E-state index contributed by atoms with van der Waals surface area (Å²) in [7, 11) is 1.24. The molecule has 0 N–H and O–H groups in total. The second-order valence-corrected chi connectivity index (χ2v) is 3.78. The maximum Gasteiger partial charge on any atom is 0.334 e. The van der Waals surface area contributed by atoms with Crippen molar-refractivity contribution < 1.29 is 28.7 Å². The smallest absolute Gasteiger partial charge is 0.334 e. The van der Waals surface area contributed by atoms with Crippen LogP contribution < -0.4 is 0 Å². The van der Waals surface area contributed by atoms with Gasteiger partial charge in [0, 0.05) is 0 Å². The van der Waals surface area contributed by atoms with Crippen molar-refractivity contribution >= 4 is 24.1 Å². The topological polar surface area (TPSA) is 111 Å². The fourth-order valence-electron chi connectivity index (χ4n) is 0.836. The molecule has 20 heavy (non-hydrogen) atoms. The number of esters is 2. The van der Waals surface area contributed by atoms with Crippen LogP contribution in [0.25, 0.3) is 0 Å². The summed E-state index contributed by atoms with van der Waals surface area (Å²) in [6.45, 7) is 5.21. The lowest BCUT2D eigenvalue weighted by Crippen LogP contribution is -2.30. The van der Waals surface area contributed by atoms with Crippen LogP contribution in [0.3, 0.4) is 0 Å². The highest BCUT2D eigenvalue weighted by molar-refractivity contribution is 5.80. The molecule has 0 unspecified atom stereocenters. The number of ether oxygens (including phenoxy) is 2. The van der Waals surface area contributed by atoms with Crippen molar-refractivity contribution in [2.75, 3.05) is 20.3 Å². The predicted molar refractivity (Wildman–Crippen MR) is 68.5 cm³/mol. The Balaban J connectivity index is 0. The zero-order chi connectivity index (χ0) is 16.0. The third-order valence-corrected chi connectivity index (χ3v) is 1.81. The van der Waals surface area contributed by atoms with Gasteiger partial charge in [-0.15, -0.1) is 0 Å². The van der Waals surface area contributed by atoms with Gasteiger partial charge in [0.25, 0.3) is 0 Å². The zero-order valence-corrected chi connectivity index (χ0v) is 12.0. The van der Waals surface area contributed by atoms with Gasteiger partial charge in [0.1, 0.15) is 0 Å². The zero-order valence-electron chi connectivity index (χ0n) is 12.0. The first-order valence-electron chi connectivity index (χ1n) is 5.72. The van der Waals surface area contributed by atoms with E-state index in [0.29, 0.717) is 6.61 Å². The van der Waals surface area contributed by atoms with E-state index in [1.807, 2.05) is 0 Å². The van der Waals surface area contributed by atoms with E-state index in [2.05, 4.69) is 19.5 Å². The predicted octanol–water partition coefficient (Wildman–Crippen LogP) is 0.549. The van der Waals surface area contributed by atoms with Gasteiger partial charge in [-0.25, -0.2) is 19.4 Å². The van der Waals surface area contributed by atoms with E-state index in [-0.39, 0.29) is 18.9 Å². The quantitative estimate of drug-likeness (QED) is 0.400. The molecule has 0 heterocycles. The first kappa shape index (κ1) is 20.0. The Labute approximate surface area is 116 Å². The number of nitrogens with zero attached hydrogens (tertiary/aromatic N) is 2. The molecule has 0 fully saturated rings. The molecule has 0 rings (SSSR count). The number of carbonyl (C=O) groups is 2. The van der Waals surface area contributed by atoms with Crippen molar-refractivity contribution in [2.45, 2.75) is 32.7 Å². The van der Waals surface area contributed by atoms with Gasteiger partial charge in [0.2, 0.25) is 12.2 Å². The van der Waals surface area contributed by atoms with Gasteiger partial charge in [-0.05, 0) is 20.8 Å². The average Bonchev–Trinajstić information content (AvgIpc) is 2.39. The Bertz CT molecular complexity index is 406. The third kappa shape index (κ3) is 10.8. The number of carbonyl (C=O) groups excluding carboxylic acids is 4. The van der Waals surface area contributed by atoms with Gasteiger partial charge in [-0.2, -0.15) is 4.99 Å². The molecule has 0 amide bonds. The van der Waals surface area contributed by atoms with Crippen molar-refractivity contribution in [1.82, 2.24) is 0 Å². The minimum absolute atomic E-state index is 0.156. The van der Waals surface area contributed by atoms with Gasteiger partial charge in [-0.1, -0.05) is 0 Å². The maximum atomic E-state index is 10.7. The van der Waals surface area contributed by atoms with Crippen molar-refractivity contribution in [3.63, 3.8) is 0 Å². The molecule has 0 spiro atoms. The lowest BCUT2D eigenvalue weighted by atomic mass is 10.1. The normalized spacial score (nSPS) is 9.00. The second-order valence-electron chi connectivity index (χ2n) is 3.78. The monoisotopic (exact) mass is 286 g/mol. The number of isocyanates is 2. The van der Waals surface area contributed by atoms with Crippen LogP contribution in [0.4, 0.5) is 0 Å². The number of hydrogen-bond acceptors (Lipinski definition) is 8. The lowest BCUT2D eigenvalue weighted by molar-refractivity contribution is -0.145. The molecule has 0 aromatic rings. The second kappa shape index (κ2) is 11.8. The van der Waals surface area contributed by atoms with Crippen LogP contribution in [0.15, 0.2) is 9.98 Å². The van der Waals surface area contributed by atoms with Crippen LogP contribution in [-0.4, -0.2) is 49.9 Å². The Morgan fingerprint density at radius 2 is 1.80 bits per heavy atom. The first-order chi connectivity index (χ1) is 9.35. The van der Waals surface area contributed by atoms with Crippen LogP contribution in [0.5, 0.6) is 0 Å². The Hall–Kier alpha value is -2.30. The Morgan fingerprint density at radius 3 is 2.20 bits per heavy atom. The first-order valence-corrected chi connectivity index (χ1v) is 5.72. The molecule has 0 aromatic carbocycles. The summed E-state index contributed by atoms with van der Waals surface area (Å²) in [6.07, 6.45) is 2.79. The molecule has 0 bridgehead atoms. The molecule has 0 aliphatic carbocycles. The summed E-state index contributed by atoms with van der Waals surface area (Å²) in [5.74, 6) is -0.877. The molecule has 0 saturated carbocycles. The number of methoxy groups -OCH3 is 1. The molecular formula is C12H18N2O6. The molecule has 112 valence electrons. The summed E-state index contributed by atoms with van der Waals surface area (Å²) in [5, 5.41) is 0. The molecule has 0 saturated heterocycles. The van der Waals surface area contributed by atoms with E-state index < -0.39 is 11.5 Å². The van der Waals surface area contributed by atoms with E-state index in [9.17, 15) is 19.2 Å². The van der Waals surface area contributed by atoms with Gasteiger partial charge < -0.3 is 9.47 Å². The molecule has 8 nitrogen and oxygen atoms in total. The van der Waals surface area contributed by atoms with Crippen molar-refractivity contribution in [2.24, 2.45) is 9.98 Å². The largest absolute Gasteiger partial charge is 0.467 e. The summed E-state index contributed by atoms with van der Waals surface area (Å²) < 4.78 is 8.92. The SMILES string of the molecule is CCOC(=O)CCN=C=O.COC(=O)C(C)(C)N=C=O. The van der Waals surface area contributed by atoms with E-state index in [4.69, 9.17) is 0 Å². The van der Waals surface area contributed by atoms with Gasteiger partial charge in [0.05, 0.1) is 26.7 Å². The van der Waals surface area contributed by atoms with Gasteiger partial charge in [0.15, 0.2) is 5.54 Å². The summed E-state index contributed by atoms with van der Waals surface area (Å²) in [4.78, 5) is 46.9. The van der Waals surface area contributed by atoms with E-state index in [0.717, 1.165) is 0 Å². The fourth-order valence-corrected chi connectivity index (χ4v) is 0.836. The van der Waals surface area contributed by atoms with E-state index in [1.165, 1.54) is 33.1 Å². The Kier molecular flexibility index (Phi) is 11.8. The maximum absolute atomic E-state index is 10.7. The molecular weight excluding hydrogens is 268 g/mol. The molecule has 0 radical (unpaired) electrons. The number of rotatable bonds is 6. The minimum Gasteiger partial charge on any atom is -0.467 e. The van der Waals surface area contributed by atoms with Crippen molar-refractivity contribution in [3.8, 4) is 0 Å². The van der Waals surface area contributed by atoms with Crippen LogP contribution in [0, 0.1) is 0 Å².